The maximum Gasteiger partial charge on any atom is 0.164 e. The summed E-state index contributed by atoms with van der Waals surface area (Å²) < 4.78 is 2.20. The van der Waals surface area contributed by atoms with Gasteiger partial charge in [0.25, 0.3) is 0 Å². The molecular weight excluding hydrogens is 322 g/mol. The first kappa shape index (κ1) is 17.2. The van der Waals surface area contributed by atoms with E-state index in [-0.39, 0.29) is 5.78 Å². The van der Waals surface area contributed by atoms with Crippen LogP contribution in [0.4, 0.5) is 0 Å². The summed E-state index contributed by atoms with van der Waals surface area (Å²) in [4.78, 5) is 19.6. The lowest BCUT2D eigenvalue weighted by Gasteiger charge is -2.25. The molecule has 1 aliphatic rings. The molecule has 0 bridgehead atoms. The molecule has 0 radical (unpaired) electrons. The molecule has 4 nitrogen and oxygen atoms in total. The van der Waals surface area contributed by atoms with Gasteiger partial charge < -0.3 is 9.47 Å². The number of imidazole rings is 1. The van der Waals surface area contributed by atoms with Crippen LogP contribution in [0.5, 0.6) is 0 Å². The van der Waals surface area contributed by atoms with Crippen LogP contribution in [-0.4, -0.2) is 39.9 Å². The van der Waals surface area contributed by atoms with Crippen LogP contribution in [0.1, 0.15) is 55.9 Å². The summed E-state index contributed by atoms with van der Waals surface area (Å²) >= 11 is 0. The summed E-state index contributed by atoms with van der Waals surface area (Å²) in [6, 6.07) is 10.6. The first-order valence-corrected chi connectivity index (χ1v) is 9.78. The fourth-order valence-corrected chi connectivity index (χ4v) is 4.01. The van der Waals surface area contributed by atoms with E-state index in [0.29, 0.717) is 12.5 Å². The van der Waals surface area contributed by atoms with E-state index in [9.17, 15) is 4.79 Å². The van der Waals surface area contributed by atoms with Crippen molar-refractivity contribution in [1.82, 2.24) is 14.5 Å². The lowest BCUT2D eigenvalue weighted by atomic mass is 10.0. The van der Waals surface area contributed by atoms with Crippen LogP contribution in [0, 0.1) is 0 Å². The first-order valence-electron chi connectivity index (χ1n) is 9.78. The Hall–Kier alpha value is -2.20. The number of Topliss-reactive ketones (excluding diaryl/α,β-unsaturated/α-hetero) is 1. The number of carbonyl (C=O) groups is 1. The van der Waals surface area contributed by atoms with E-state index in [1.165, 1.54) is 24.6 Å². The van der Waals surface area contributed by atoms with Gasteiger partial charge >= 0.3 is 0 Å². The number of piperidine rings is 1. The van der Waals surface area contributed by atoms with Crippen molar-refractivity contribution in [3.05, 3.63) is 42.2 Å². The third-order valence-electron chi connectivity index (χ3n) is 5.53. The fourth-order valence-electron chi connectivity index (χ4n) is 4.01. The Morgan fingerprint density at radius 1 is 1.12 bits per heavy atom. The second-order valence-corrected chi connectivity index (χ2v) is 7.69. The van der Waals surface area contributed by atoms with Gasteiger partial charge in [-0.25, -0.2) is 4.98 Å². The highest BCUT2D eigenvalue weighted by Crippen LogP contribution is 2.28. The average molecular weight is 349 g/mol. The van der Waals surface area contributed by atoms with E-state index in [1.807, 2.05) is 18.5 Å². The number of hydrogen-bond acceptors (Lipinski definition) is 3. The number of nitrogens with zero attached hydrogens (tertiary/aromatic N) is 3. The van der Waals surface area contributed by atoms with Crippen LogP contribution in [0.25, 0.3) is 21.8 Å². The van der Waals surface area contributed by atoms with Crippen molar-refractivity contribution >= 4 is 27.6 Å². The number of rotatable bonds is 5. The molecule has 1 fully saturated rings. The predicted molar refractivity (Wildman–Crippen MR) is 107 cm³/mol. The van der Waals surface area contributed by atoms with Gasteiger partial charge in [0.2, 0.25) is 0 Å². The van der Waals surface area contributed by atoms with Gasteiger partial charge in [0.15, 0.2) is 5.78 Å². The molecule has 0 amide bonds. The van der Waals surface area contributed by atoms with Gasteiger partial charge in [-0.05, 0) is 57.3 Å². The average Bonchev–Trinajstić information content (AvgIpc) is 3.11. The normalized spacial score (nSPS) is 16.0. The van der Waals surface area contributed by atoms with Crippen LogP contribution in [0.2, 0.25) is 0 Å². The van der Waals surface area contributed by atoms with Crippen LogP contribution in [0.15, 0.2) is 36.7 Å². The number of ketones is 1. The molecule has 0 atom stereocenters. The van der Waals surface area contributed by atoms with Gasteiger partial charge in [-0.1, -0.05) is 24.6 Å². The molecule has 4 rings (SSSR count). The Balaban J connectivity index is 1.60. The molecule has 1 aromatic heterocycles. The second kappa shape index (κ2) is 7.20. The summed E-state index contributed by atoms with van der Waals surface area (Å²) in [7, 11) is 0. The van der Waals surface area contributed by atoms with Crippen molar-refractivity contribution in [2.75, 3.05) is 19.6 Å². The van der Waals surface area contributed by atoms with E-state index in [1.54, 1.807) is 0 Å². The maximum atomic E-state index is 12.7. The Labute approximate surface area is 154 Å². The standard InChI is InChI=1S/C22H27N3O/c1-16(2)25-15-23-20-9-7-17-14-18(6-8-19(17)22(20)25)21(26)10-13-24-11-4-3-5-12-24/h6-9,14-16H,3-5,10-13H2,1-2H3. The largest absolute Gasteiger partial charge is 0.328 e. The van der Waals surface area contributed by atoms with Gasteiger partial charge in [0.1, 0.15) is 0 Å². The molecule has 0 aliphatic carbocycles. The van der Waals surface area contributed by atoms with Gasteiger partial charge in [-0.2, -0.15) is 0 Å². The van der Waals surface area contributed by atoms with E-state index >= 15 is 0 Å². The topological polar surface area (TPSA) is 38.1 Å². The van der Waals surface area contributed by atoms with E-state index in [2.05, 4.69) is 46.5 Å². The molecule has 0 saturated carbocycles. The van der Waals surface area contributed by atoms with Crippen molar-refractivity contribution in [3.63, 3.8) is 0 Å². The minimum Gasteiger partial charge on any atom is -0.328 e. The van der Waals surface area contributed by atoms with Crippen LogP contribution >= 0.6 is 0 Å². The SMILES string of the molecule is CC(C)n1cnc2ccc3cc(C(=O)CCN4CCCCC4)ccc3c21. The smallest absolute Gasteiger partial charge is 0.164 e. The highest BCUT2D eigenvalue weighted by atomic mass is 16.1. The highest BCUT2D eigenvalue weighted by molar-refractivity contribution is 6.07. The lowest BCUT2D eigenvalue weighted by molar-refractivity contribution is 0.0959. The molecule has 4 heteroatoms. The Morgan fingerprint density at radius 2 is 1.92 bits per heavy atom. The van der Waals surface area contributed by atoms with E-state index < -0.39 is 0 Å². The molecule has 1 saturated heterocycles. The van der Waals surface area contributed by atoms with Crippen molar-refractivity contribution < 1.29 is 4.79 Å². The molecule has 26 heavy (non-hydrogen) atoms. The highest BCUT2D eigenvalue weighted by Gasteiger charge is 2.14. The first-order chi connectivity index (χ1) is 12.6. The zero-order chi connectivity index (χ0) is 18.1. The summed E-state index contributed by atoms with van der Waals surface area (Å²) in [5.41, 5.74) is 2.99. The number of fused-ring (bicyclic) bond motifs is 3. The van der Waals surface area contributed by atoms with Crippen molar-refractivity contribution in [2.45, 2.75) is 45.6 Å². The van der Waals surface area contributed by atoms with Crippen LogP contribution in [-0.2, 0) is 0 Å². The third-order valence-corrected chi connectivity index (χ3v) is 5.53. The minimum absolute atomic E-state index is 0.245. The van der Waals surface area contributed by atoms with Gasteiger partial charge in [0.05, 0.1) is 17.4 Å². The summed E-state index contributed by atoms with van der Waals surface area (Å²) in [6.07, 6.45) is 6.38. The van der Waals surface area contributed by atoms with Crippen molar-refractivity contribution in [1.29, 1.82) is 0 Å². The number of benzene rings is 2. The predicted octanol–water partition coefficient (Wildman–Crippen LogP) is 4.83. The van der Waals surface area contributed by atoms with Gasteiger partial charge in [-0.3, -0.25) is 4.79 Å². The molecule has 136 valence electrons. The summed E-state index contributed by atoms with van der Waals surface area (Å²) in [5.74, 6) is 0.245. The lowest BCUT2D eigenvalue weighted by Crippen LogP contribution is -2.31. The van der Waals surface area contributed by atoms with Crippen LogP contribution < -0.4 is 0 Å². The minimum atomic E-state index is 0.245. The number of aromatic nitrogens is 2. The van der Waals surface area contributed by atoms with Gasteiger partial charge in [-0.15, -0.1) is 0 Å². The van der Waals surface area contributed by atoms with Gasteiger partial charge in [0, 0.05) is 30.0 Å². The molecule has 1 aliphatic heterocycles. The number of carbonyl (C=O) groups excluding carboxylic acids is 1. The maximum absolute atomic E-state index is 12.7. The molecule has 0 unspecified atom stereocenters. The van der Waals surface area contributed by atoms with Crippen LogP contribution in [0.3, 0.4) is 0 Å². The molecule has 3 aromatic rings. The Bertz CT molecular complexity index is 935. The van der Waals surface area contributed by atoms with E-state index in [0.717, 1.165) is 41.6 Å². The zero-order valence-electron chi connectivity index (χ0n) is 15.7. The molecule has 0 spiro atoms. The Morgan fingerprint density at radius 3 is 2.69 bits per heavy atom. The van der Waals surface area contributed by atoms with Crippen molar-refractivity contribution in [2.24, 2.45) is 0 Å². The summed E-state index contributed by atoms with van der Waals surface area (Å²) in [5, 5.41) is 2.28. The Kier molecular flexibility index (Phi) is 4.77. The summed E-state index contributed by atoms with van der Waals surface area (Å²) in [6.45, 7) is 7.50. The van der Waals surface area contributed by atoms with Crippen molar-refractivity contribution in [3.8, 4) is 0 Å². The molecule has 2 aromatic carbocycles. The second-order valence-electron chi connectivity index (χ2n) is 7.69. The number of likely N-dealkylation sites (tertiary alicyclic amines) is 1. The third kappa shape index (κ3) is 3.26. The quantitative estimate of drug-likeness (QED) is 0.619. The monoisotopic (exact) mass is 349 g/mol. The molecule has 0 N–H and O–H groups in total. The number of hydrogen-bond donors (Lipinski definition) is 0. The fraction of sp³-hybridized carbons (Fsp3) is 0.455. The molecule has 2 heterocycles. The van der Waals surface area contributed by atoms with E-state index in [4.69, 9.17) is 0 Å². The molecular formula is C22H27N3O. The zero-order valence-corrected chi connectivity index (χ0v) is 15.7.